The van der Waals surface area contributed by atoms with Crippen LogP contribution in [0, 0.1) is 5.92 Å². The highest BCUT2D eigenvalue weighted by molar-refractivity contribution is 6.22. The van der Waals surface area contributed by atoms with Gasteiger partial charge in [0.25, 0.3) is 6.01 Å². The van der Waals surface area contributed by atoms with Crippen LogP contribution < -0.4 is 10.5 Å². The number of halogens is 1. The van der Waals surface area contributed by atoms with Gasteiger partial charge in [0.2, 0.25) is 11.9 Å². The lowest BCUT2D eigenvalue weighted by molar-refractivity contribution is -0.138. The minimum absolute atomic E-state index is 0.0546. The van der Waals surface area contributed by atoms with Crippen molar-refractivity contribution in [1.29, 1.82) is 0 Å². The summed E-state index contributed by atoms with van der Waals surface area (Å²) in [7, 11) is 0. The number of alkyl halides is 1. The maximum absolute atomic E-state index is 13.3. The molecule has 1 amide bonds. The van der Waals surface area contributed by atoms with Gasteiger partial charge in [-0.1, -0.05) is 13.0 Å². The largest absolute Gasteiger partial charge is 0.465 e. The molecule has 0 aromatic carbocycles. The lowest BCUT2D eigenvalue weighted by atomic mass is 9.93. The molecule has 2 aliphatic heterocycles. The number of hydrogen-bond acceptors (Lipinski definition) is 7. The Balaban J connectivity index is 1.17. The zero-order valence-corrected chi connectivity index (χ0v) is 21.9. The van der Waals surface area contributed by atoms with Crippen molar-refractivity contribution in [2.75, 3.05) is 38.5 Å². The van der Waals surface area contributed by atoms with Crippen LogP contribution in [0.4, 0.5) is 5.95 Å². The fraction of sp³-hybridized carbons (Fsp3) is 0.615. The summed E-state index contributed by atoms with van der Waals surface area (Å²) >= 11 is 6.47. The first-order chi connectivity index (χ1) is 17.4. The van der Waals surface area contributed by atoms with Crippen molar-refractivity contribution in [2.45, 2.75) is 63.4 Å². The van der Waals surface area contributed by atoms with Gasteiger partial charge in [-0.2, -0.15) is 4.98 Å². The Morgan fingerprint density at radius 2 is 1.83 bits per heavy atom. The SMILES string of the molecule is CCOc1nc2c(n1C1CCN(C(=O)C3CCN(Cc4cnc(N)nc4)CC3)CC1)C=CC(Cl)C2C. The number of carbonyl (C=O) groups is 1. The number of nitrogens with zero attached hydrogens (tertiary/aromatic N) is 6. The van der Waals surface area contributed by atoms with Crippen molar-refractivity contribution in [3.8, 4) is 6.01 Å². The number of fused-ring (bicyclic) bond motifs is 1. The lowest BCUT2D eigenvalue weighted by Crippen LogP contribution is -2.45. The fourth-order valence-electron chi connectivity index (χ4n) is 5.67. The number of nitrogens with two attached hydrogens (primary N) is 1. The second-order valence-electron chi connectivity index (χ2n) is 10.1. The van der Waals surface area contributed by atoms with Crippen molar-refractivity contribution in [3.05, 3.63) is 35.4 Å². The van der Waals surface area contributed by atoms with E-state index in [-0.39, 0.29) is 23.3 Å². The number of aromatic nitrogens is 4. The molecule has 36 heavy (non-hydrogen) atoms. The Kier molecular flexibility index (Phi) is 7.48. The fourth-order valence-corrected chi connectivity index (χ4v) is 5.86. The third kappa shape index (κ3) is 5.09. The van der Waals surface area contributed by atoms with Crippen molar-refractivity contribution in [2.24, 2.45) is 5.92 Å². The molecule has 0 bridgehead atoms. The van der Waals surface area contributed by atoms with Crippen LogP contribution in [0.3, 0.4) is 0 Å². The van der Waals surface area contributed by atoms with Crippen LogP contribution in [0.15, 0.2) is 18.5 Å². The maximum atomic E-state index is 13.3. The molecule has 1 aliphatic carbocycles. The van der Waals surface area contributed by atoms with E-state index in [0.29, 0.717) is 24.5 Å². The smallest absolute Gasteiger partial charge is 0.297 e. The second kappa shape index (κ2) is 10.8. The first-order valence-electron chi connectivity index (χ1n) is 13.1. The molecule has 2 N–H and O–H groups in total. The first kappa shape index (κ1) is 25.0. The summed E-state index contributed by atoms with van der Waals surface area (Å²) in [6, 6.07) is 0.938. The minimum Gasteiger partial charge on any atom is -0.465 e. The van der Waals surface area contributed by atoms with Gasteiger partial charge in [-0.25, -0.2) is 9.97 Å². The number of amides is 1. The molecule has 3 aliphatic rings. The number of rotatable bonds is 6. The molecule has 2 fully saturated rings. The summed E-state index contributed by atoms with van der Waals surface area (Å²) in [6.07, 6.45) is 11.3. The highest BCUT2D eigenvalue weighted by Crippen LogP contribution is 2.39. The molecule has 5 rings (SSSR count). The Bertz CT molecular complexity index is 1090. The van der Waals surface area contributed by atoms with Crippen LogP contribution in [-0.4, -0.2) is 73.4 Å². The molecule has 10 heteroatoms. The van der Waals surface area contributed by atoms with Crippen LogP contribution >= 0.6 is 11.6 Å². The van der Waals surface area contributed by atoms with E-state index in [9.17, 15) is 4.79 Å². The monoisotopic (exact) mass is 513 g/mol. The van der Waals surface area contributed by atoms with Gasteiger partial charge in [-0.05, 0) is 51.8 Å². The predicted molar refractivity (Wildman–Crippen MR) is 140 cm³/mol. The van der Waals surface area contributed by atoms with E-state index in [1.165, 1.54) is 0 Å². The molecule has 0 spiro atoms. The Hall–Kier alpha value is -2.65. The highest BCUT2D eigenvalue weighted by atomic mass is 35.5. The van der Waals surface area contributed by atoms with Gasteiger partial charge in [-0.3, -0.25) is 14.3 Å². The van der Waals surface area contributed by atoms with Gasteiger partial charge >= 0.3 is 0 Å². The standard InChI is InChI=1S/C26H36ClN7O2/c1-3-36-26-31-23-17(2)21(27)4-5-22(23)34(26)20-8-12-33(13-9-20)24(35)19-6-10-32(11-7-19)16-18-14-29-25(28)30-15-18/h4-5,14-15,17,19-21H,3,6-13,16H2,1-2H3,(H2,28,29,30). The van der Waals surface area contributed by atoms with Crippen LogP contribution in [0.25, 0.3) is 6.08 Å². The molecular weight excluding hydrogens is 478 g/mol. The number of nitrogen functional groups attached to an aromatic ring is 1. The molecule has 2 atom stereocenters. The van der Waals surface area contributed by atoms with Crippen LogP contribution in [0.5, 0.6) is 6.01 Å². The average molecular weight is 514 g/mol. The number of piperidine rings is 2. The molecule has 0 radical (unpaired) electrons. The Morgan fingerprint density at radius 3 is 2.50 bits per heavy atom. The molecule has 2 aromatic rings. The van der Waals surface area contributed by atoms with Gasteiger partial charge in [0, 0.05) is 55.5 Å². The maximum Gasteiger partial charge on any atom is 0.297 e. The summed E-state index contributed by atoms with van der Waals surface area (Å²) in [5.41, 5.74) is 8.75. The van der Waals surface area contributed by atoms with Crippen LogP contribution in [-0.2, 0) is 11.3 Å². The molecule has 194 valence electrons. The molecule has 4 heterocycles. The number of ether oxygens (including phenoxy) is 1. The molecule has 0 saturated carbocycles. The topological polar surface area (TPSA) is 102 Å². The van der Waals surface area contributed by atoms with Gasteiger partial charge in [-0.15, -0.1) is 11.6 Å². The number of likely N-dealkylation sites (tertiary alicyclic amines) is 2. The predicted octanol–water partition coefficient (Wildman–Crippen LogP) is 3.47. The van der Waals surface area contributed by atoms with E-state index in [2.05, 4.69) is 37.3 Å². The summed E-state index contributed by atoms with van der Waals surface area (Å²) in [5, 5.41) is -0.0546. The van der Waals surface area contributed by atoms with Crippen molar-refractivity contribution < 1.29 is 9.53 Å². The van der Waals surface area contributed by atoms with E-state index < -0.39 is 0 Å². The van der Waals surface area contributed by atoms with E-state index >= 15 is 0 Å². The number of allylic oxidation sites excluding steroid dienone is 1. The van der Waals surface area contributed by atoms with Crippen LogP contribution in [0.2, 0.25) is 0 Å². The van der Waals surface area contributed by atoms with E-state index in [1.54, 1.807) is 12.4 Å². The van der Waals surface area contributed by atoms with Crippen LogP contribution in [0.1, 0.15) is 68.4 Å². The van der Waals surface area contributed by atoms with E-state index in [1.807, 2.05) is 13.0 Å². The number of carbonyl (C=O) groups excluding carboxylic acids is 1. The van der Waals surface area contributed by atoms with Crippen molar-refractivity contribution in [3.63, 3.8) is 0 Å². The van der Waals surface area contributed by atoms with Gasteiger partial charge in [0.15, 0.2) is 0 Å². The number of anilines is 1. The lowest BCUT2D eigenvalue weighted by Gasteiger charge is -2.38. The molecule has 2 saturated heterocycles. The van der Waals surface area contributed by atoms with Gasteiger partial charge < -0.3 is 15.4 Å². The Labute approximate surface area is 217 Å². The third-order valence-electron chi connectivity index (χ3n) is 7.77. The molecule has 2 aromatic heterocycles. The summed E-state index contributed by atoms with van der Waals surface area (Å²) < 4.78 is 8.18. The van der Waals surface area contributed by atoms with E-state index in [0.717, 1.165) is 75.4 Å². The minimum atomic E-state index is -0.0546. The zero-order chi connectivity index (χ0) is 25.2. The van der Waals surface area contributed by atoms with Crippen molar-refractivity contribution >= 4 is 29.5 Å². The molecule has 2 unspecified atom stereocenters. The van der Waals surface area contributed by atoms with Crippen molar-refractivity contribution in [1.82, 2.24) is 29.3 Å². The molecule has 9 nitrogen and oxygen atoms in total. The quantitative estimate of drug-likeness (QED) is 0.590. The van der Waals surface area contributed by atoms with Gasteiger partial charge in [0.1, 0.15) is 0 Å². The Morgan fingerprint density at radius 1 is 1.14 bits per heavy atom. The molecular formula is C26H36ClN7O2. The summed E-state index contributed by atoms with van der Waals surface area (Å²) in [5.74, 6) is 0.848. The second-order valence-corrected chi connectivity index (χ2v) is 10.6. The average Bonchev–Trinajstić information content (AvgIpc) is 3.27. The highest BCUT2D eigenvalue weighted by Gasteiger charge is 2.35. The van der Waals surface area contributed by atoms with E-state index in [4.69, 9.17) is 27.1 Å². The normalized spacial score (nSPS) is 23.6. The zero-order valence-electron chi connectivity index (χ0n) is 21.1. The number of imidazole rings is 1. The third-order valence-corrected chi connectivity index (χ3v) is 8.30. The van der Waals surface area contributed by atoms with Gasteiger partial charge in [0.05, 0.1) is 23.4 Å². The summed E-state index contributed by atoms with van der Waals surface area (Å²) in [6.45, 7) is 8.80. The first-order valence-corrected chi connectivity index (χ1v) is 13.5. The summed E-state index contributed by atoms with van der Waals surface area (Å²) in [4.78, 5) is 30.7. The number of hydrogen-bond donors (Lipinski definition) is 1.